The second kappa shape index (κ2) is 10.8. The number of carboxylic acids is 4. The Morgan fingerprint density at radius 1 is 0.441 bits per heavy atom. The Morgan fingerprint density at radius 3 is 0.824 bits per heavy atom. The van der Waals surface area contributed by atoms with Crippen LogP contribution in [0, 0.1) is 0 Å². The van der Waals surface area contributed by atoms with Crippen molar-refractivity contribution in [1.29, 1.82) is 0 Å². The summed E-state index contributed by atoms with van der Waals surface area (Å²) < 4.78 is 0. The minimum absolute atomic E-state index is 0.0634. The summed E-state index contributed by atoms with van der Waals surface area (Å²) in [6, 6.07) is 11.1. The molecular formula is C26H26O8. The second-order valence-corrected chi connectivity index (χ2v) is 8.29. The van der Waals surface area contributed by atoms with Gasteiger partial charge in [0, 0.05) is 25.7 Å². The van der Waals surface area contributed by atoms with E-state index < -0.39 is 23.9 Å². The molecule has 0 bridgehead atoms. The molecule has 0 aliphatic carbocycles. The number of rotatable bonds is 12. The SMILES string of the molecule is O=C(O)CCc1ccc(CCC(=O)O)c2cc3c(CCC(=O)O)ccc(CCC(=O)O)c3cc12. The first kappa shape index (κ1) is 24.7. The van der Waals surface area contributed by atoms with Crippen molar-refractivity contribution in [3.8, 4) is 0 Å². The molecule has 0 aliphatic rings. The highest BCUT2D eigenvalue weighted by Gasteiger charge is 2.15. The zero-order valence-electron chi connectivity index (χ0n) is 18.5. The first-order valence-corrected chi connectivity index (χ1v) is 11.0. The monoisotopic (exact) mass is 466 g/mol. The predicted molar refractivity (Wildman–Crippen MR) is 125 cm³/mol. The van der Waals surface area contributed by atoms with Crippen LogP contribution in [-0.4, -0.2) is 44.3 Å². The molecule has 8 heteroatoms. The molecule has 0 amide bonds. The number of aryl methyl sites for hydroxylation is 4. The molecule has 0 saturated carbocycles. The van der Waals surface area contributed by atoms with Gasteiger partial charge in [-0.2, -0.15) is 0 Å². The molecule has 3 aromatic rings. The number of fused-ring (bicyclic) bond motifs is 2. The quantitative estimate of drug-likeness (QED) is 0.292. The summed E-state index contributed by atoms with van der Waals surface area (Å²) in [5, 5.41) is 39.8. The fraction of sp³-hybridized carbons (Fsp3) is 0.308. The molecule has 0 atom stereocenters. The second-order valence-electron chi connectivity index (χ2n) is 8.29. The van der Waals surface area contributed by atoms with Gasteiger partial charge in [0.25, 0.3) is 0 Å². The summed E-state index contributed by atoms with van der Waals surface area (Å²) in [6.07, 6.45) is 0.912. The lowest BCUT2D eigenvalue weighted by molar-refractivity contribution is -0.138. The van der Waals surface area contributed by atoms with Gasteiger partial charge in [-0.1, -0.05) is 24.3 Å². The first-order valence-electron chi connectivity index (χ1n) is 11.0. The van der Waals surface area contributed by atoms with Crippen molar-refractivity contribution in [1.82, 2.24) is 0 Å². The Hall–Kier alpha value is -3.94. The smallest absolute Gasteiger partial charge is 0.303 e. The number of aliphatic carboxylic acids is 4. The fourth-order valence-electron chi connectivity index (χ4n) is 4.26. The third-order valence-electron chi connectivity index (χ3n) is 5.95. The molecule has 0 radical (unpaired) electrons. The van der Waals surface area contributed by atoms with Crippen molar-refractivity contribution < 1.29 is 39.6 Å². The number of carbonyl (C=O) groups is 4. The van der Waals surface area contributed by atoms with Gasteiger partial charge in [-0.25, -0.2) is 0 Å². The zero-order valence-corrected chi connectivity index (χ0v) is 18.5. The van der Waals surface area contributed by atoms with E-state index in [2.05, 4.69) is 0 Å². The van der Waals surface area contributed by atoms with E-state index in [1.165, 1.54) is 0 Å². The van der Waals surface area contributed by atoms with Gasteiger partial charge in [-0.3, -0.25) is 19.2 Å². The van der Waals surface area contributed by atoms with Gasteiger partial charge in [0.05, 0.1) is 0 Å². The van der Waals surface area contributed by atoms with Crippen LogP contribution in [0.5, 0.6) is 0 Å². The van der Waals surface area contributed by atoms with Crippen LogP contribution in [0.25, 0.3) is 21.5 Å². The van der Waals surface area contributed by atoms with Crippen molar-refractivity contribution in [2.75, 3.05) is 0 Å². The molecule has 0 heterocycles. The standard InChI is InChI=1S/C26H26O8/c27-23(28)9-5-15-1-2-16(6-10-24(29)30)20-14-22-18(8-12-26(33)34)4-3-17(7-11-25(31)32)21(22)13-19(15)20/h1-4,13-14H,5-12H2,(H,27,28)(H,29,30)(H,31,32)(H,33,34). The van der Waals surface area contributed by atoms with Crippen LogP contribution < -0.4 is 0 Å². The summed E-state index contributed by atoms with van der Waals surface area (Å²) in [4.78, 5) is 44.7. The van der Waals surface area contributed by atoms with Gasteiger partial charge in [0.15, 0.2) is 0 Å². The highest BCUT2D eigenvalue weighted by atomic mass is 16.4. The Balaban J connectivity index is 2.26. The minimum Gasteiger partial charge on any atom is -0.481 e. The number of hydrogen-bond acceptors (Lipinski definition) is 4. The lowest BCUT2D eigenvalue weighted by Crippen LogP contribution is -2.03. The van der Waals surface area contributed by atoms with Crippen LogP contribution in [0.2, 0.25) is 0 Å². The summed E-state index contributed by atoms with van der Waals surface area (Å²) in [7, 11) is 0. The van der Waals surface area contributed by atoms with E-state index >= 15 is 0 Å². The topological polar surface area (TPSA) is 149 Å². The molecule has 0 aliphatic heterocycles. The molecule has 0 saturated heterocycles. The summed E-state index contributed by atoms with van der Waals surface area (Å²) in [5.74, 6) is -3.71. The Labute approximate surface area is 195 Å². The molecule has 0 spiro atoms. The maximum Gasteiger partial charge on any atom is 0.303 e. The molecule has 0 unspecified atom stereocenters. The largest absolute Gasteiger partial charge is 0.481 e. The number of benzene rings is 3. The van der Waals surface area contributed by atoms with Crippen LogP contribution in [0.15, 0.2) is 36.4 Å². The molecular weight excluding hydrogens is 440 g/mol. The van der Waals surface area contributed by atoms with Crippen molar-refractivity contribution in [2.45, 2.75) is 51.4 Å². The predicted octanol–water partition coefficient (Wildman–Crippen LogP) is 4.06. The molecule has 8 nitrogen and oxygen atoms in total. The molecule has 0 fully saturated rings. The van der Waals surface area contributed by atoms with Crippen LogP contribution in [0.1, 0.15) is 47.9 Å². The number of carboxylic acid groups (broad SMARTS) is 4. The average molecular weight is 466 g/mol. The van der Waals surface area contributed by atoms with E-state index in [1.54, 1.807) is 0 Å². The van der Waals surface area contributed by atoms with Gasteiger partial charge in [0.2, 0.25) is 0 Å². The Kier molecular flexibility index (Phi) is 7.83. The van der Waals surface area contributed by atoms with Crippen molar-refractivity contribution in [3.05, 3.63) is 58.7 Å². The van der Waals surface area contributed by atoms with Gasteiger partial charge in [0.1, 0.15) is 0 Å². The van der Waals surface area contributed by atoms with E-state index in [0.717, 1.165) is 43.8 Å². The average Bonchev–Trinajstić information content (AvgIpc) is 2.77. The third kappa shape index (κ3) is 6.10. The first-order chi connectivity index (χ1) is 16.2. The van der Waals surface area contributed by atoms with Crippen LogP contribution in [-0.2, 0) is 44.9 Å². The number of hydrogen-bond donors (Lipinski definition) is 4. The third-order valence-corrected chi connectivity index (χ3v) is 5.95. The normalized spacial score (nSPS) is 11.1. The highest BCUT2D eigenvalue weighted by molar-refractivity contribution is 6.04. The van der Waals surface area contributed by atoms with E-state index in [1.807, 2.05) is 36.4 Å². The molecule has 3 aromatic carbocycles. The van der Waals surface area contributed by atoms with E-state index in [4.69, 9.17) is 20.4 Å². The van der Waals surface area contributed by atoms with Gasteiger partial charge in [-0.05, 0) is 81.6 Å². The van der Waals surface area contributed by atoms with Gasteiger partial charge in [-0.15, -0.1) is 0 Å². The molecule has 34 heavy (non-hydrogen) atoms. The fourth-order valence-corrected chi connectivity index (χ4v) is 4.26. The van der Waals surface area contributed by atoms with Crippen molar-refractivity contribution in [2.24, 2.45) is 0 Å². The van der Waals surface area contributed by atoms with E-state index in [9.17, 15) is 19.2 Å². The lowest BCUT2D eigenvalue weighted by atomic mass is 9.88. The summed E-state index contributed by atoms with van der Waals surface area (Å²) in [6.45, 7) is 0. The van der Waals surface area contributed by atoms with Gasteiger partial charge < -0.3 is 20.4 Å². The van der Waals surface area contributed by atoms with Crippen LogP contribution in [0.3, 0.4) is 0 Å². The van der Waals surface area contributed by atoms with Crippen molar-refractivity contribution >= 4 is 45.4 Å². The molecule has 178 valence electrons. The van der Waals surface area contributed by atoms with Crippen LogP contribution >= 0.6 is 0 Å². The Morgan fingerprint density at radius 2 is 0.647 bits per heavy atom. The highest BCUT2D eigenvalue weighted by Crippen LogP contribution is 2.34. The zero-order chi connectivity index (χ0) is 24.8. The summed E-state index contributed by atoms with van der Waals surface area (Å²) in [5.41, 5.74) is 3.22. The van der Waals surface area contributed by atoms with Crippen LogP contribution in [0.4, 0.5) is 0 Å². The maximum atomic E-state index is 11.2. The molecule has 0 aromatic heterocycles. The summed E-state index contributed by atoms with van der Waals surface area (Å²) >= 11 is 0. The van der Waals surface area contributed by atoms with E-state index in [0.29, 0.717) is 25.7 Å². The molecule has 4 N–H and O–H groups in total. The van der Waals surface area contributed by atoms with E-state index in [-0.39, 0.29) is 25.7 Å². The van der Waals surface area contributed by atoms with Gasteiger partial charge >= 0.3 is 23.9 Å². The maximum absolute atomic E-state index is 11.2. The lowest BCUT2D eigenvalue weighted by Gasteiger charge is -2.16. The van der Waals surface area contributed by atoms with Crippen molar-refractivity contribution in [3.63, 3.8) is 0 Å². The minimum atomic E-state index is -0.929. The Bertz CT molecular complexity index is 1080. The molecule has 3 rings (SSSR count).